The predicted molar refractivity (Wildman–Crippen MR) is 63.3 cm³/mol. The number of halogens is 1. The van der Waals surface area contributed by atoms with Gasteiger partial charge in [-0.25, -0.2) is 4.98 Å². The highest BCUT2D eigenvalue weighted by Gasteiger charge is 2.13. The fraction of sp³-hybridized carbons (Fsp3) is 0.583. The van der Waals surface area contributed by atoms with E-state index >= 15 is 0 Å². The summed E-state index contributed by atoms with van der Waals surface area (Å²) in [5, 5.41) is 4.01. The van der Waals surface area contributed by atoms with Crippen molar-refractivity contribution in [2.24, 2.45) is 5.92 Å². The Hall–Kier alpha value is -0.600. The van der Waals surface area contributed by atoms with Crippen molar-refractivity contribution in [3.05, 3.63) is 28.5 Å². The molecule has 1 fully saturated rings. The summed E-state index contributed by atoms with van der Waals surface area (Å²) in [7, 11) is 0. The first-order valence-corrected chi connectivity index (χ1v) is 5.95. The van der Waals surface area contributed by atoms with Gasteiger partial charge in [0.05, 0.1) is 0 Å². The second-order valence-electron chi connectivity index (χ2n) is 4.34. The minimum absolute atomic E-state index is 0.624. The minimum atomic E-state index is 0.624. The lowest BCUT2D eigenvalue weighted by atomic mass is 9.91. The Labute approximate surface area is 96.1 Å². The van der Waals surface area contributed by atoms with Crippen molar-refractivity contribution in [3.63, 3.8) is 0 Å². The van der Waals surface area contributed by atoms with E-state index in [0.29, 0.717) is 5.15 Å². The van der Waals surface area contributed by atoms with Crippen LogP contribution in [-0.2, 0) is 6.42 Å². The molecule has 15 heavy (non-hydrogen) atoms. The molecule has 0 spiro atoms. The number of aromatic nitrogens is 1. The molecule has 0 bridgehead atoms. The molecule has 1 aromatic heterocycles. The molecule has 1 aromatic rings. The first kappa shape index (κ1) is 10.9. The molecule has 0 radical (unpaired) electrons. The maximum atomic E-state index is 5.94. The average Bonchev–Trinajstić information content (AvgIpc) is 2.17. The zero-order chi connectivity index (χ0) is 10.7. The number of hydrogen-bond acceptors (Lipinski definition) is 2. The second kappa shape index (κ2) is 4.95. The molecule has 0 unspecified atom stereocenters. The monoisotopic (exact) mass is 224 g/mol. The number of hydrogen-bond donors (Lipinski definition) is 1. The van der Waals surface area contributed by atoms with Crippen LogP contribution in [-0.4, -0.2) is 18.1 Å². The van der Waals surface area contributed by atoms with Crippen molar-refractivity contribution in [2.45, 2.75) is 26.2 Å². The van der Waals surface area contributed by atoms with Crippen LogP contribution >= 0.6 is 11.6 Å². The van der Waals surface area contributed by atoms with Gasteiger partial charge in [-0.2, -0.15) is 0 Å². The van der Waals surface area contributed by atoms with Crippen molar-refractivity contribution < 1.29 is 0 Å². The van der Waals surface area contributed by atoms with Crippen LogP contribution in [0.15, 0.2) is 12.1 Å². The Balaban J connectivity index is 2.02. The molecular weight excluding hydrogens is 208 g/mol. The van der Waals surface area contributed by atoms with E-state index in [1.807, 2.05) is 13.0 Å². The van der Waals surface area contributed by atoms with Crippen LogP contribution in [0.25, 0.3) is 0 Å². The summed E-state index contributed by atoms with van der Waals surface area (Å²) in [6.45, 7) is 4.31. The molecule has 1 N–H and O–H groups in total. The maximum Gasteiger partial charge on any atom is 0.129 e. The zero-order valence-electron chi connectivity index (χ0n) is 9.09. The average molecular weight is 225 g/mol. The Kier molecular flexibility index (Phi) is 3.60. The van der Waals surface area contributed by atoms with Gasteiger partial charge >= 0.3 is 0 Å². The normalized spacial score (nSPS) is 18.0. The Bertz CT molecular complexity index is 312. The van der Waals surface area contributed by atoms with Crippen LogP contribution in [0, 0.1) is 12.8 Å². The van der Waals surface area contributed by atoms with Crippen molar-refractivity contribution in [3.8, 4) is 0 Å². The smallest absolute Gasteiger partial charge is 0.129 e. The number of pyridine rings is 1. The van der Waals surface area contributed by atoms with Crippen LogP contribution in [0.4, 0.5) is 0 Å². The molecule has 0 aromatic carbocycles. The van der Waals surface area contributed by atoms with E-state index < -0.39 is 0 Å². The van der Waals surface area contributed by atoms with Crippen molar-refractivity contribution in [2.75, 3.05) is 13.1 Å². The topological polar surface area (TPSA) is 24.9 Å². The molecule has 1 aliphatic rings. The van der Waals surface area contributed by atoms with E-state index in [9.17, 15) is 0 Å². The molecular formula is C12H17ClN2. The summed E-state index contributed by atoms with van der Waals surface area (Å²) in [5.41, 5.74) is 2.35. The predicted octanol–water partition coefficient (Wildman–Crippen LogP) is 2.59. The largest absolute Gasteiger partial charge is 0.317 e. The molecule has 2 rings (SSSR count). The van der Waals surface area contributed by atoms with Gasteiger partial charge in [0.15, 0.2) is 0 Å². The first-order valence-electron chi connectivity index (χ1n) is 5.58. The highest BCUT2D eigenvalue weighted by Crippen LogP contribution is 2.20. The number of rotatable bonds is 2. The van der Waals surface area contributed by atoms with Crippen molar-refractivity contribution in [1.29, 1.82) is 0 Å². The van der Waals surface area contributed by atoms with Crippen LogP contribution in [0.1, 0.15) is 24.1 Å². The summed E-state index contributed by atoms with van der Waals surface area (Å²) in [5.74, 6) is 0.809. The fourth-order valence-corrected chi connectivity index (χ4v) is 2.51. The van der Waals surface area contributed by atoms with Crippen LogP contribution in [0.5, 0.6) is 0 Å². The summed E-state index contributed by atoms with van der Waals surface area (Å²) in [4.78, 5) is 4.18. The number of piperidine rings is 1. The van der Waals surface area contributed by atoms with E-state index in [4.69, 9.17) is 11.6 Å². The Morgan fingerprint density at radius 1 is 1.40 bits per heavy atom. The standard InChI is InChI=1S/C12H17ClN2/c1-9-6-11(8-12(13)15-9)7-10-2-4-14-5-3-10/h6,8,10,14H,2-5,7H2,1H3. The van der Waals surface area contributed by atoms with Gasteiger partial charge in [0.25, 0.3) is 0 Å². The van der Waals surface area contributed by atoms with E-state index in [0.717, 1.165) is 31.1 Å². The van der Waals surface area contributed by atoms with Crippen LogP contribution in [0.2, 0.25) is 5.15 Å². The Morgan fingerprint density at radius 3 is 2.80 bits per heavy atom. The molecule has 0 saturated carbocycles. The maximum absolute atomic E-state index is 5.94. The summed E-state index contributed by atoms with van der Waals surface area (Å²) >= 11 is 5.94. The van der Waals surface area contributed by atoms with Gasteiger partial charge in [0.1, 0.15) is 5.15 Å². The van der Waals surface area contributed by atoms with Gasteiger partial charge in [-0.1, -0.05) is 11.6 Å². The molecule has 0 amide bonds. The van der Waals surface area contributed by atoms with Crippen LogP contribution < -0.4 is 5.32 Å². The summed E-state index contributed by atoms with van der Waals surface area (Å²) < 4.78 is 0. The molecule has 82 valence electrons. The quantitative estimate of drug-likeness (QED) is 0.782. The van der Waals surface area contributed by atoms with Gasteiger partial charge in [-0.3, -0.25) is 0 Å². The lowest BCUT2D eigenvalue weighted by Gasteiger charge is -2.22. The highest BCUT2D eigenvalue weighted by molar-refractivity contribution is 6.29. The first-order chi connectivity index (χ1) is 7.24. The third-order valence-electron chi connectivity index (χ3n) is 2.97. The van der Waals surface area contributed by atoms with Gasteiger partial charge in [-0.15, -0.1) is 0 Å². The van der Waals surface area contributed by atoms with Crippen LogP contribution in [0.3, 0.4) is 0 Å². The highest BCUT2D eigenvalue weighted by atomic mass is 35.5. The van der Waals surface area contributed by atoms with Gasteiger partial charge in [0, 0.05) is 5.69 Å². The number of aryl methyl sites for hydroxylation is 1. The fourth-order valence-electron chi connectivity index (χ4n) is 2.23. The molecule has 0 aliphatic carbocycles. The van der Waals surface area contributed by atoms with E-state index in [1.54, 1.807) is 0 Å². The molecule has 1 saturated heterocycles. The number of nitrogens with zero attached hydrogens (tertiary/aromatic N) is 1. The second-order valence-corrected chi connectivity index (χ2v) is 4.72. The lowest BCUT2D eigenvalue weighted by Crippen LogP contribution is -2.28. The molecule has 2 heterocycles. The molecule has 3 heteroatoms. The van der Waals surface area contributed by atoms with Crippen molar-refractivity contribution in [1.82, 2.24) is 10.3 Å². The van der Waals surface area contributed by atoms with Gasteiger partial charge in [0.2, 0.25) is 0 Å². The van der Waals surface area contributed by atoms with E-state index in [1.165, 1.54) is 18.4 Å². The Morgan fingerprint density at radius 2 is 2.13 bits per heavy atom. The number of nitrogens with one attached hydrogen (secondary N) is 1. The SMILES string of the molecule is Cc1cc(CC2CCNCC2)cc(Cl)n1. The van der Waals surface area contributed by atoms with Gasteiger partial charge in [-0.05, 0) is 62.9 Å². The lowest BCUT2D eigenvalue weighted by molar-refractivity contribution is 0.372. The summed E-state index contributed by atoms with van der Waals surface area (Å²) in [6.07, 6.45) is 3.70. The molecule has 0 atom stereocenters. The molecule has 1 aliphatic heterocycles. The van der Waals surface area contributed by atoms with Crippen molar-refractivity contribution >= 4 is 11.6 Å². The zero-order valence-corrected chi connectivity index (χ0v) is 9.85. The van der Waals surface area contributed by atoms with E-state index in [-0.39, 0.29) is 0 Å². The molecule has 2 nitrogen and oxygen atoms in total. The third-order valence-corrected chi connectivity index (χ3v) is 3.16. The summed E-state index contributed by atoms with van der Waals surface area (Å²) in [6, 6.07) is 4.14. The minimum Gasteiger partial charge on any atom is -0.317 e. The third kappa shape index (κ3) is 3.18. The van der Waals surface area contributed by atoms with E-state index in [2.05, 4.69) is 16.4 Å². The van der Waals surface area contributed by atoms with Gasteiger partial charge < -0.3 is 5.32 Å².